The minimum absolute atomic E-state index is 0.0485. The predicted octanol–water partition coefficient (Wildman–Crippen LogP) is 3.11. The lowest BCUT2D eigenvalue weighted by atomic mass is 10.0. The summed E-state index contributed by atoms with van der Waals surface area (Å²) in [6.07, 6.45) is 3.92. The van der Waals surface area contributed by atoms with Gasteiger partial charge in [0, 0.05) is 18.0 Å². The number of fused-ring (bicyclic) bond motifs is 1. The van der Waals surface area contributed by atoms with E-state index in [1.54, 1.807) is 0 Å². The molecule has 0 aliphatic rings. The zero-order valence-electron chi connectivity index (χ0n) is 11.1. The number of benzene rings is 1. The van der Waals surface area contributed by atoms with Crippen LogP contribution < -0.4 is 0 Å². The number of aromatic nitrogens is 2. The smallest absolute Gasteiger partial charge is 0.137 e. The molecule has 0 aliphatic carbocycles. The van der Waals surface area contributed by atoms with Crippen LogP contribution in [0.5, 0.6) is 0 Å². The normalized spacial score (nSPS) is 11.1. The minimum Gasteiger partial charge on any atom is -0.392 e. The van der Waals surface area contributed by atoms with Crippen LogP contribution in [-0.4, -0.2) is 14.5 Å². The molecule has 1 aromatic carbocycles. The van der Waals surface area contributed by atoms with Crippen LogP contribution in [0.15, 0.2) is 42.7 Å². The molecule has 0 saturated carbocycles. The van der Waals surface area contributed by atoms with Crippen LogP contribution in [-0.2, 0) is 6.61 Å². The average Bonchev–Trinajstić information content (AvgIpc) is 2.83. The fraction of sp³-hybridized carbons (Fsp3) is 0.188. The molecule has 96 valence electrons. The van der Waals surface area contributed by atoms with Crippen molar-refractivity contribution in [1.29, 1.82) is 0 Å². The van der Waals surface area contributed by atoms with E-state index in [9.17, 15) is 0 Å². The summed E-state index contributed by atoms with van der Waals surface area (Å²) in [4.78, 5) is 4.64. The fourth-order valence-electron chi connectivity index (χ4n) is 2.27. The molecule has 0 unspecified atom stereocenters. The quantitative estimate of drug-likeness (QED) is 0.761. The topological polar surface area (TPSA) is 37.5 Å². The predicted molar refractivity (Wildman–Crippen MR) is 76.0 cm³/mol. The Bertz CT molecular complexity index is 744. The number of rotatable bonds is 2. The lowest BCUT2D eigenvalue weighted by Gasteiger charge is -2.03. The molecular formula is C16H16N2O. The third-order valence-corrected chi connectivity index (χ3v) is 3.36. The van der Waals surface area contributed by atoms with E-state index in [-0.39, 0.29) is 6.61 Å². The summed E-state index contributed by atoms with van der Waals surface area (Å²) >= 11 is 0. The summed E-state index contributed by atoms with van der Waals surface area (Å²) in [6.45, 7) is 4.23. The molecule has 0 fully saturated rings. The zero-order valence-corrected chi connectivity index (χ0v) is 11.1. The molecule has 3 heteroatoms. The van der Waals surface area contributed by atoms with Crippen LogP contribution in [0, 0.1) is 13.8 Å². The summed E-state index contributed by atoms with van der Waals surface area (Å²) in [7, 11) is 0. The summed E-state index contributed by atoms with van der Waals surface area (Å²) < 4.78 is 1.96. The molecule has 0 aliphatic heterocycles. The van der Waals surface area contributed by atoms with Crippen molar-refractivity contribution < 1.29 is 5.11 Å². The Morgan fingerprint density at radius 3 is 2.74 bits per heavy atom. The molecule has 3 rings (SSSR count). The van der Waals surface area contributed by atoms with Gasteiger partial charge in [-0.2, -0.15) is 0 Å². The number of aryl methyl sites for hydroxylation is 2. The van der Waals surface area contributed by atoms with Crippen LogP contribution in [0.1, 0.15) is 16.7 Å². The first kappa shape index (κ1) is 11.9. The highest BCUT2D eigenvalue weighted by atomic mass is 16.3. The molecule has 0 saturated heterocycles. The van der Waals surface area contributed by atoms with Crippen LogP contribution >= 0.6 is 0 Å². The fourth-order valence-corrected chi connectivity index (χ4v) is 2.27. The van der Waals surface area contributed by atoms with Gasteiger partial charge in [0.2, 0.25) is 0 Å². The minimum atomic E-state index is 0.0485. The second kappa shape index (κ2) is 4.52. The van der Waals surface area contributed by atoms with Crippen molar-refractivity contribution in [2.45, 2.75) is 20.5 Å². The largest absolute Gasteiger partial charge is 0.392 e. The molecular weight excluding hydrogens is 236 g/mol. The van der Waals surface area contributed by atoms with Crippen molar-refractivity contribution in [1.82, 2.24) is 9.38 Å². The Kier molecular flexibility index (Phi) is 2.84. The van der Waals surface area contributed by atoms with E-state index in [2.05, 4.69) is 37.0 Å². The third-order valence-electron chi connectivity index (χ3n) is 3.36. The van der Waals surface area contributed by atoms with Gasteiger partial charge in [-0.25, -0.2) is 4.98 Å². The number of hydrogen-bond donors (Lipinski definition) is 1. The number of hydrogen-bond acceptors (Lipinski definition) is 2. The van der Waals surface area contributed by atoms with Gasteiger partial charge in [-0.05, 0) is 37.1 Å². The Morgan fingerprint density at radius 1 is 1.11 bits per heavy atom. The zero-order chi connectivity index (χ0) is 13.4. The summed E-state index contributed by atoms with van der Waals surface area (Å²) in [5.74, 6) is 0. The number of pyridine rings is 1. The summed E-state index contributed by atoms with van der Waals surface area (Å²) in [6, 6.07) is 10.2. The second-order valence-electron chi connectivity index (χ2n) is 4.91. The molecule has 0 radical (unpaired) electrons. The van der Waals surface area contributed by atoms with Gasteiger partial charge in [0.15, 0.2) is 0 Å². The van der Waals surface area contributed by atoms with Crippen molar-refractivity contribution >= 4 is 5.65 Å². The van der Waals surface area contributed by atoms with Crippen molar-refractivity contribution in [3.05, 3.63) is 59.4 Å². The maximum Gasteiger partial charge on any atom is 0.137 e. The molecule has 0 amide bonds. The maximum atomic E-state index is 9.17. The first-order chi connectivity index (χ1) is 9.17. The van der Waals surface area contributed by atoms with Gasteiger partial charge in [0.25, 0.3) is 0 Å². The maximum absolute atomic E-state index is 9.17. The number of nitrogens with zero attached hydrogens (tertiary/aromatic N) is 2. The van der Waals surface area contributed by atoms with E-state index >= 15 is 0 Å². The Morgan fingerprint density at radius 2 is 1.95 bits per heavy atom. The van der Waals surface area contributed by atoms with Crippen LogP contribution in [0.25, 0.3) is 16.9 Å². The molecule has 2 aromatic heterocycles. The van der Waals surface area contributed by atoms with Gasteiger partial charge in [-0.3, -0.25) is 0 Å². The van der Waals surface area contributed by atoms with E-state index in [1.165, 1.54) is 11.1 Å². The number of aliphatic hydroxyl groups is 1. The van der Waals surface area contributed by atoms with Crippen LogP contribution in [0.2, 0.25) is 0 Å². The summed E-state index contributed by atoms with van der Waals surface area (Å²) in [5, 5.41) is 9.17. The van der Waals surface area contributed by atoms with Crippen molar-refractivity contribution in [2.75, 3.05) is 0 Å². The van der Waals surface area contributed by atoms with E-state index in [0.717, 1.165) is 22.5 Å². The van der Waals surface area contributed by atoms with Gasteiger partial charge in [-0.15, -0.1) is 0 Å². The second-order valence-corrected chi connectivity index (χ2v) is 4.91. The molecule has 19 heavy (non-hydrogen) atoms. The van der Waals surface area contributed by atoms with Crippen molar-refractivity contribution in [3.63, 3.8) is 0 Å². The summed E-state index contributed by atoms with van der Waals surface area (Å²) in [5.41, 5.74) is 6.36. The molecule has 0 bridgehead atoms. The highest BCUT2D eigenvalue weighted by molar-refractivity contribution is 5.66. The molecule has 3 nitrogen and oxygen atoms in total. The van der Waals surface area contributed by atoms with E-state index in [0.29, 0.717) is 0 Å². The van der Waals surface area contributed by atoms with E-state index in [1.807, 2.05) is 28.9 Å². The van der Waals surface area contributed by atoms with Crippen molar-refractivity contribution in [2.24, 2.45) is 0 Å². The highest BCUT2D eigenvalue weighted by Gasteiger charge is 2.07. The molecule has 0 atom stereocenters. The van der Waals surface area contributed by atoms with Gasteiger partial charge in [0.05, 0.1) is 12.3 Å². The molecule has 2 heterocycles. The van der Waals surface area contributed by atoms with E-state index < -0.39 is 0 Å². The van der Waals surface area contributed by atoms with Crippen LogP contribution in [0.3, 0.4) is 0 Å². The SMILES string of the molecule is Cc1ccc(C)c(-c2cn3cc(CO)ccc3n2)c1. The standard InChI is InChI=1S/C16H16N2O/c1-11-3-4-12(2)14(7-11)15-9-18-8-13(10-19)5-6-16(18)17-15/h3-9,19H,10H2,1-2H3. The van der Waals surface area contributed by atoms with Crippen LogP contribution in [0.4, 0.5) is 0 Å². The first-order valence-corrected chi connectivity index (χ1v) is 6.33. The van der Waals surface area contributed by atoms with Gasteiger partial charge >= 0.3 is 0 Å². The average molecular weight is 252 g/mol. The lowest BCUT2D eigenvalue weighted by molar-refractivity contribution is 0.281. The van der Waals surface area contributed by atoms with Gasteiger partial charge in [-0.1, -0.05) is 23.8 Å². The third kappa shape index (κ3) is 2.13. The van der Waals surface area contributed by atoms with Crippen molar-refractivity contribution in [3.8, 4) is 11.3 Å². The first-order valence-electron chi connectivity index (χ1n) is 6.33. The highest BCUT2D eigenvalue weighted by Crippen LogP contribution is 2.24. The Balaban J connectivity index is 2.17. The van der Waals surface area contributed by atoms with E-state index in [4.69, 9.17) is 5.11 Å². The number of imidazole rings is 1. The monoisotopic (exact) mass is 252 g/mol. The molecule has 0 spiro atoms. The van der Waals surface area contributed by atoms with Gasteiger partial charge < -0.3 is 9.51 Å². The number of aliphatic hydroxyl groups excluding tert-OH is 1. The Hall–Kier alpha value is -2.13. The lowest BCUT2D eigenvalue weighted by Crippen LogP contribution is -1.88. The molecule has 1 N–H and O–H groups in total. The van der Waals surface area contributed by atoms with Gasteiger partial charge in [0.1, 0.15) is 5.65 Å². The molecule has 3 aromatic rings. The Labute approximate surface area is 112 Å².